The quantitative estimate of drug-likeness (QED) is 0.485. The van der Waals surface area contributed by atoms with Crippen LogP contribution in [0.25, 0.3) is 0 Å². The predicted molar refractivity (Wildman–Crippen MR) is 83.4 cm³/mol. The second-order valence-electron chi connectivity index (χ2n) is 6.07. The Labute approximate surface area is 125 Å². The first kappa shape index (κ1) is 15.5. The molecule has 1 saturated heterocycles. The van der Waals surface area contributed by atoms with Gasteiger partial charge in [0.05, 0.1) is 20.3 Å². The number of carbonyl (C=O) groups excluding carboxylic acids is 1. The number of Topliss-reactive ketones (excluding diaryl/α,β-unsaturated/α-hetero) is 1. The summed E-state index contributed by atoms with van der Waals surface area (Å²) in [6.07, 6.45) is 2.04. The van der Waals surface area contributed by atoms with Crippen LogP contribution in [0.4, 0.5) is 0 Å². The standard InChI is InChI=1S/C16H24NO2S/c1-16(2,17(3)9-11-19-12-10-17)15(18)13-5-7-14(20-4)8-6-13/h5-8H,9-12H2,1-4H3/q+1. The average molecular weight is 294 g/mol. The smallest absolute Gasteiger partial charge is 0.222 e. The first-order valence-corrected chi connectivity index (χ1v) is 8.24. The molecule has 0 N–H and O–H groups in total. The molecule has 1 aliphatic heterocycles. The molecule has 0 aliphatic carbocycles. The van der Waals surface area contributed by atoms with Crippen molar-refractivity contribution in [1.82, 2.24) is 0 Å². The van der Waals surface area contributed by atoms with E-state index in [1.807, 2.05) is 30.5 Å². The van der Waals surface area contributed by atoms with Crippen LogP contribution in [0.3, 0.4) is 0 Å². The average Bonchev–Trinajstić information content (AvgIpc) is 2.47. The van der Waals surface area contributed by atoms with Gasteiger partial charge in [-0.15, -0.1) is 11.8 Å². The number of nitrogens with zero attached hydrogens (tertiary/aromatic N) is 1. The Morgan fingerprint density at radius 1 is 1.20 bits per heavy atom. The van der Waals surface area contributed by atoms with Crippen LogP contribution in [0.5, 0.6) is 0 Å². The van der Waals surface area contributed by atoms with Gasteiger partial charge in [-0.05, 0) is 32.2 Å². The van der Waals surface area contributed by atoms with Crippen LogP contribution < -0.4 is 0 Å². The maximum absolute atomic E-state index is 12.9. The molecule has 1 aromatic rings. The van der Waals surface area contributed by atoms with Crippen molar-refractivity contribution >= 4 is 17.5 Å². The van der Waals surface area contributed by atoms with Crippen LogP contribution in [0, 0.1) is 0 Å². The molecule has 0 radical (unpaired) electrons. The third-order valence-corrected chi connectivity index (χ3v) is 5.46. The molecule has 1 fully saturated rings. The summed E-state index contributed by atoms with van der Waals surface area (Å²) in [5, 5.41) is 0. The SMILES string of the molecule is CSc1ccc(C(=O)C(C)(C)[N+]2(C)CCOCC2)cc1. The van der Waals surface area contributed by atoms with Crippen LogP contribution in [0.2, 0.25) is 0 Å². The highest BCUT2D eigenvalue weighted by Gasteiger charge is 2.47. The number of thioether (sulfide) groups is 1. The number of quaternary nitrogens is 1. The molecule has 0 unspecified atom stereocenters. The number of likely N-dealkylation sites (N-methyl/N-ethyl adjacent to an activating group) is 1. The summed E-state index contributed by atoms with van der Waals surface area (Å²) in [6, 6.07) is 7.94. The molecule has 0 saturated carbocycles. The molecule has 20 heavy (non-hydrogen) atoms. The Bertz CT molecular complexity index is 476. The van der Waals surface area contributed by atoms with Gasteiger partial charge in [0, 0.05) is 10.5 Å². The highest BCUT2D eigenvalue weighted by atomic mass is 32.2. The van der Waals surface area contributed by atoms with Gasteiger partial charge in [-0.2, -0.15) is 0 Å². The number of ether oxygens (including phenoxy) is 1. The zero-order valence-corrected chi connectivity index (χ0v) is 13.6. The minimum atomic E-state index is -0.426. The number of benzene rings is 1. The van der Waals surface area contributed by atoms with Gasteiger partial charge in [0.25, 0.3) is 0 Å². The van der Waals surface area contributed by atoms with Crippen LogP contribution >= 0.6 is 11.8 Å². The number of hydrogen-bond donors (Lipinski definition) is 0. The van der Waals surface area contributed by atoms with Crippen molar-refractivity contribution in [3.63, 3.8) is 0 Å². The zero-order valence-electron chi connectivity index (χ0n) is 12.8. The van der Waals surface area contributed by atoms with E-state index in [4.69, 9.17) is 4.74 Å². The van der Waals surface area contributed by atoms with Gasteiger partial charge < -0.3 is 9.22 Å². The Hall–Kier alpha value is -0.840. The Kier molecular flexibility index (Phi) is 4.57. The molecule has 0 amide bonds. The molecule has 0 bridgehead atoms. The first-order chi connectivity index (χ1) is 9.40. The number of rotatable bonds is 4. The molecule has 110 valence electrons. The fourth-order valence-corrected chi connectivity index (χ4v) is 3.05. The largest absolute Gasteiger partial charge is 0.370 e. The van der Waals surface area contributed by atoms with Crippen LogP contribution in [-0.4, -0.2) is 55.4 Å². The molecular formula is C16H24NO2S+. The van der Waals surface area contributed by atoms with E-state index < -0.39 is 5.54 Å². The van der Waals surface area contributed by atoms with E-state index in [9.17, 15) is 4.79 Å². The van der Waals surface area contributed by atoms with Gasteiger partial charge >= 0.3 is 0 Å². The Morgan fingerprint density at radius 2 is 1.75 bits per heavy atom. The number of morpholine rings is 1. The van der Waals surface area contributed by atoms with Gasteiger partial charge in [-0.1, -0.05) is 12.1 Å². The summed E-state index contributed by atoms with van der Waals surface area (Å²) in [5.74, 6) is 0.217. The summed E-state index contributed by atoms with van der Waals surface area (Å²) in [4.78, 5) is 14.1. The van der Waals surface area contributed by atoms with E-state index in [2.05, 4.69) is 20.9 Å². The van der Waals surface area contributed by atoms with Gasteiger partial charge in [0.15, 0.2) is 5.54 Å². The van der Waals surface area contributed by atoms with E-state index in [0.29, 0.717) is 0 Å². The number of carbonyl (C=O) groups is 1. The van der Waals surface area contributed by atoms with Crippen molar-refractivity contribution in [3.05, 3.63) is 29.8 Å². The molecule has 4 heteroatoms. The zero-order chi connectivity index (χ0) is 14.8. The van der Waals surface area contributed by atoms with E-state index in [-0.39, 0.29) is 5.78 Å². The minimum absolute atomic E-state index is 0.217. The van der Waals surface area contributed by atoms with Crippen molar-refractivity contribution in [2.24, 2.45) is 0 Å². The molecule has 1 aliphatic rings. The van der Waals surface area contributed by atoms with Gasteiger partial charge in [0.1, 0.15) is 13.1 Å². The molecule has 1 heterocycles. The summed E-state index contributed by atoms with van der Waals surface area (Å²) in [5.41, 5.74) is 0.378. The van der Waals surface area contributed by atoms with Gasteiger partial charge in [-0.25, -0.2) is 0 Å². The lowest BCUT2D eigenvalue weighted by Crippen LogP contribution is -2.66. The lowest BCUT2D eigenvalue weighted by molar-refractivity contribution is -0.951. The third-order valence-electron chi connectivity index (χ3n) is 4.72. The molecule has 0 atom stereocenters. The molecule has 3 nitrogen and oxygen atoms in total. The summed E-state index contributed by atoms with van der Waals surface area (Å²) >= 11 is 1.69. The van der Waals surface area contributed by atoms with Crippen molar-refractivity contribution in [2.75, 3.05) is 39.6 Å². The van der Waals surface area contributed by atoms with E-state index in [1.54, 1.807) is 11.8 Å². The lowest BCUT2D eigenvalue weighted by Gasteiger charge is -2.48. The summed E-state index contributed by atoms with van der Waals surface area (Å²) in [7, 11) is 2.16. The first-order valence-electron chi connectivity index (χ1n) is 7.02. The Morgan fingerprint density at radius 3 is 2.25 bits per heavy atom. The normalized spacial score (nSPS) is 18.8. The highest BCUT2D eigenvalue weighted by Crippen LogP contribution is 2.29. The predicted octanol–water partition coefficient (Wildman–Crippen LogP) is 2.85. The number of ketones is 1. The molecule has 2 rings (SSSR count). The molecular weight excluding hydrogens is 270 g/mol. The monoisotopic (exact) mass is 294 g/mol. The third kappa shape index (κ3) is 2.78. The molecule has 0 aromatic heterocycles. The summed E-state index contributed by atoms with van der Waals surface area (Å²) in [6.45, 7) is 7.37. The maximum atomic E-state index is 12.9. The van der Waals surface area contributed by atoms with E-state index >= 15 is 0 Å². The number of hydrogen-bond acceptors (Lipinski definition) is 3. The van der Waals surface area contributed by atoms with Crippen molar-refractivity contribution in [3.8, 4) is 0 Å². The maximum Gasteiger partial charge on any atom is 0.222 e. The highest BCUT2D eigenvalue weighted by molar-refractivity contribution is 7.98. The topological polar surface area (TPSA) is 26.3 Å². The lowest BCUT2D eigenvalue weighted by atomic mass is 9.88. The minimum Gasteiger partial charge on any atom is -0.370 e. The molecule has 0 spiro atoms. The van der Waals surface area contributed by atoms with Crippen molar-refractivity contribution in [2.45, 2.75) is 24.3 Å². The van der Waals surface area contributed by atoms with Gasteiger partial charge in [-0.3, -0.25) is 4.79 Å². The van der Waals surface area contributed by atoms with Gasteiger partial charge in [0.2, 0.25) is 5.78 Å². The fraction of sp³-hybridized carbons (Fsp3) is 0.562. The van der Waals surface area contributed by atoms with Crippen molar-refractivity contribution < 1.29 is 14.0 Å². The fourth-order valence-electron chi connectivity index (χ4n) is 2.65. The van der Waals surface area contributed by atoms with Crippen LogP contribution in [-0.2, 0) is 4.74 Å². The van der Waals surface area contributed by atoms with Crippen LogP contribution in [0.15, 0.2) is 29.2 Å². The van der Waals surface area contributed by atoms with E-state index in [0.717, 1.165) is 36.3 Å². The summed E-state index contributed by atoms with van der Waals surface area (Å²) < 4.78 is 6.19. The Balaban J connectivity index is 2.25. The van der Waals surface area contributed by atoms with Crippen LogP contribution in [0.1, 0.15) is 24.2 Å². The van der Waals surface area contributed by atoms with Crippen molar-refractivity contribution in [1.29, 1.82) is 0 Å². The second kappa shape index (κ2) is 5.88. The van der Waals surface area contributed by atoms with E-state index in [1.165, 1.54) is 4.90 Å². The second-order valence-corrected chi connectivity index (χ2v) is 6.95. The molecule has 1 aromatic carbocycles.